The van der Waals surface area contributed by atoms with Crippen LogP contribution < -0.4 is 10.0 Å². The molecule has 0 aliphatic rings. The zero-order valence-electron chi connectivity index (χ0n) is 11.6. The summed E-state index contributed by atoms with van der Waals surface area (Å²) in [6.07, 6.45) is 0. The van der Waals surface area contributed by atoms with Gasteiger partial charge in [0.2, 0.25) is 5.13 Å². The number of rotatable bonds is 6. The van der Waals surface area contributed by atoms with Crippen LogP contribution >= 0.6 is 11.3 Å². The lowest BCUT2D eigenvalue weighted by Gasteiger charge is -2.11. The molecule has 1 heterocycles. The molecule has 1 aromatic heterocycles. The molecule has 0 bridgehead atoms. The molecule has 9 heteroatoms. The summed E-state index contributed by atoms with van der Waals surface area (Å²) < 4.78 is 40.5. The van der Waals surface area contributed by atoms with E-state index in [9.17, 15) is 12.8 Å². The standard InChI is InChI=1S/C12H15FN4O2S2/c1-3-14-7-9-4-5-10(13)6-11(9)21(18,19)17-12-16-15-8(2)20-12/h4-6,14H,3,7H2,1-2H3,(H,16,17). The summed E-state index contributed by atoms with van der Waals surface area (Å²) in [5.41, 5.74) is 0.493. The third-order valence-corrected chi connectivity index (χ3v) is 4.94. The quantitative estimate of drug-likeness (QED) is 0.845. The van der Waals surface area contributed by atoms with E-state index in [4.69, 9.17) is 0 Å². The zero-order valence-corrected chi connectivity index (χ0v) is 13.2. The molecule has 0 amide bonds. The molecule has 2 aromatic rings. The lowest BCUT2D eigenvalue weighted by molar-refractivity contribution is 0.590. The van der Waals surface area contributed by atoms with E-state index in [1.54, 1.807) is 6.92 Å². The minimum atomic E-state index is -3.91. The Morgan fingerprint density at radius 3 is 2.71 bits per heavy atom. The molecule has 1 aromatic carbocycles. The fourth-order valence-electron chi connectivity index (χ4n) is 1.69. The Balaban J connectivity index is 2.35. The van der Waals surface area contributed by atoms with E-state index in [1.165, 1.54) is 12.1 Å². The second-order valence-corrected chi connectivity index (χ2v) is 7.10. The normalized spacial score (nSPS) is 11.6. The van der Waals surface area contributed by atoms with E-state index in [2.05, 4.69) is 20.2 Å². The Morgan fingerprint density at radius 2 is 2.10 bits per heavy atom. The summed E-state index contributed by atoms with van der Waals surface area (Å²) in [4.78, 5) is -0.101. The number of nitrogens with one attached hydrogen (secondary N) is 2. The van der Waals surface area contributed by atoms with Gasteiger partial charge in [0.15, 0.2) is 0 Å². The van der Waals surface area contributed by atoms with E-state index < -0.39 is 15.8 Å². The Bertz CT molecular complexity index is 731. The second kappa shape index (κ2) is 6.46. The molecule has 0 atom stereocenters. The van der Waals surface area contributed by atoms with Gasteiger partial charge in [0.05, 0.1) is 4.90 Å². The molecule has 114 valence electrons. The summed E-state index contributed by atoms with van der Waals surface area (Å²) in [7, 11) is -3.91. The van der Waals surface area contributed by atoms with Crippen molar-refractivity contribution in [3.63, 3.8) is 0 Å². The lowest BCUT2D eigenvalue weighted by atomic mass is 10.2. The van der Waals surface area contributed by atoms with Gasteiger partial charge in [-0.2, -0.15) is 0 Å². The number of aromatic nitrogens is 2. The average molecular weight is 330 g/mol. The van der Waals surface area contributed by atoms with E-state index in [0.29, 0.717) is 23.7 Å². The summed E-state index contributed by atoms with van der Waals surface area (Å²) in [6, 6.07) is 3.70. The number of hydrogen-bond acceptors (Lipinski definition) is 6. The van der Waals surface area contributed by atoms with Crippen LogP contribution in [0.15, 0.2) is 23.1 Å². The highest BCUT2D eigenvalue weighted by Crippen LogP contribution is 2.22. The van der Waals surface area contributed by atoms with Crippen LogP contribution in [-0.4, -0.2) is 25.2 Å². The monoisotopic (exact) mass is 330 g/mol. The van der Waals surface area contributed by atoms with Gasteiger partial charge in [-0.15, -0.1) is 10.2 Å². The Hall–Kier alpha value is -1.58. The first-order valence-electron chi connectivity index (χ1n) is 6.24. The summed E-state index contributed by atoms with van der Waals surface area (Å²) in [5.74, 6) is -0.607. The summed E-state index contributed by atoms with van der Waals surface area (Å²) in [6.45, 7) is 4.64. The van der Waals surface area contributed by atoms with Crippen LogP contribution in [0.4, 0.5) is 9.52 Å². The number of aryl methyl sites for hydroxylation is 1. The van der Waals surface area contributed by atoms with Crippen molar-refractivity contribution in [1.29, 1.82) is 0 Å². The third-order valence-electron chi connectivity index (χ3n) is 2.63. The summed E-state index contributed by atoms with van der Waals surface area (Å²) in [5, 5.41) is 11.3. The average Bonchev–Trinajstić information content (AvgIpc) is 2.82. The van der Waals surface area contributed by atoms with Crippen LogP contribution in [0, 0.1) is 12.7 Å². The predicted octanol–water partition coefficient (Wildman–Crippen LogP) is 1.90. The third kappa shape index (κ3) is 3.96. The van der Waals surface area contributed by atoms with Crippen LogP contribution in [0.5, 0.6) is 0 Å². The van der Waals surface area contributed by atoms with Gasteiger partial charge in [-0.3, -0.25) is 4.72 Å². The van der Waals surface area contributed by atoms with Gasteiger partial charge in [0.25, 0.3) is 10.0 Å². The molecule has 0 aliphatic carbocycles. The minimum absolute atomic E-state index is 0.101. The molecule has 21 heavy (non-hydrogen) atoms. The first-order chi connectivity index (χ1) is 9.92. The fraction of sp³-hybridized carbons (Fsp3) is 0.333. The maximum atomic E-state index is 13.4. The molecule has 6 nitrogen and oxygen atoms in total. The van der Waals surface area contributed by atoms with E-state index >= 15 is 0 Å². The van der Waals surface area contributed by atoms with Crippen molar-refractivity contribution in [2.45, 2.75) is 25.3 Å². The molecular weight excluding hydrogens is 315 g/mol. The number of anilines is 1. The largest absolute Gasteiger partial charge is 0.313 e. The molecule has 2 rings (SSSR count). The number of halogens is 1. The van der Waals surface area contributed by atoms with Gasteiger partial charge < -0.3 is 5.32 Å². The van der Waals surface area contributed by atoms with Crippen LogP contribution in [0.25, 0.3) is 0 Å². The van der Waals surface area contributed by atoms with Gasteiger partial charge in [-0.1, -0.05) is 24.3 Å². The Labute approximate surface area is 126 Å². The van der Waals surface area contributed by atoms with Crippen LogP contribution in [-0.2, 0) is 16.6 Å². The predicted molar refractivity (Wildman–Crippen MR) is 79.2 cm³/mol. The number of hydrogen-bond donors (Lipinski definition) is 2. The van der Waals surface area contributed by atoms with Crippen molar-refractivity contribution in [2.24, 2.45) is 0 Å². The van der Waals surface area contributed by atoms with Gasteiger partial charge in [-0.25, -0.2) is 12.8 Å². The molecule has 0 aliphatic heterocycles. The molecule has 0 radical (unpaired) electrons. The lowest BCUT2D eigenvalue weighted by Crippen LogP contribution is -2.19. The van der Waals surface area contributed by atoms with Crippen molar-refractivity contribution >= 4 is 26.5 Å². The molecular formula is C12H15FN4O2S2. The number of sulfonamides is 1. The van der Waals surface area contributed by atoms with Crippen LogP contribution in [0.1, 0.15) is 17.5 Å². The Kier molecular flexibility index (Phi) is 4.86. The molecule has 0 spiro atoms. The van der Waals surface area contributed by atoms with Gasteiger partial charge in [0.1, 0.15) is 10.8 Å². The van der Waals surface area contributed by atoms with Gasteiger partial charge in [0, 0.05) is 6.54 Å². The van der Waals surface area contributed by atoms with Crippen LogP contribution in [0.2, 0.25) is 0 Å². The topological polar surface area (TPSA) is 84.0 Å². The van der Waals surface area contributed by atoms with Gasteiger partial charge >= 0.3 is 0 Å². The first-order valence-corrected chi connectivity index (χ1v) is 8.54. The highest BCUT2D eigenvalue weighted by atomic mass is 32.2. The van der Waals surface area contributed by atoms with E-state index in [1.807, 2.05) is 6.92 Å². The van der Waals surface area contributed by atoms with Crippen molar-refractivity contribution in [3.05, 3.63) is 34.6 Å². The van der Waals surface area contributed by atoms with Crippen molar-refractivity contribution in [3.8, 4) is 0 Å². The minimum Gasteiger partial charge on any atom is -0.313 e. The molecule has 0 saturated heterocycles. The highest BCUT2D eigenvalue weighted by Gasteiger charge is 2.21. The highest BCUT2D eigenvalue weighted by molar-refractivity contribution is 7.93. The van der Waals surface area contributed by atoms with E-state index in [0.717, 1.165) is 17.4 Å². The fourth-order valence-corrected chi connectivity index (χ4v) is 3.76. The maximum Gasteiger partial charge on any atom is 0.264 e. The number of benzene rings is 1. The molecule has 0 fully saturated rings. The maximum absolute atomic E-state index is 13.4. The Morgan fingerprint density at radius 1 is 1.33 bits per heavy atom. The van der Waals surface area contributed by atoms with Crippen molar-refractivity contribution in [2.75, 3.05) is 11.3 Å². The smallest absolute Gasteiger partial charge is 0.264 e. The molecule has 2 N–H and O–H groups in total. The van der Waals surface area contributed by atoms with Crippen molar-refractivity contribution < 1.29 is 12.8 Å². The van der Waals surface area contributed by atoms with E-state index in [-0.39, 0.29) is 10.0 Å². The first kappa shape index (κ1) is 15.8. The molecule has 0 unspecified atom stereocenters. The second-order valence-electron chi connectivity index (χ2n) is 4.26. The number of nitrogens with zero attached hydrogens (tertiary/aromatic N) is 2. The molecule has 0 saturated carbocycles. The van der Waals surface area contributed by atoms with Crippen molar-refractivity contribution in [1.82, 2.24) is 15.5 Å². The summed E-state index contributed by atoms with van der Waals surface area (Å²) >= 11 is 1.12. The van der Waals surface area contributed by atoms with Gasteiger partial charge in [-0.05, 0) is 31.2 Å². The SMILES string of the molecule is CCNCc1ccc(F)cc1S(=O)(=O)Nc1nnc(C)s1. The zero-order chi connectivity index (χ0) is 15.5. The van der Waals surface area contributed by atoms with Crippen LogP contribution in [0.3, 0.4) is 0 Å².